The van der Waals surface area contributed by atoms with E-state index in [1.165, 1.54) is 0 Å². The van der Waals surface area contributed by atoms with Crippen LogP contribution in [-0.4, -0.2) is 22.9 Å². The lowest BCUT2D eigenvalue weighted by Gasteiger charge is -2.31. The first-order chi connectivity index (χ1) is 9.91. The Kier molecular flexibility index (Phi) is 5.22. The fourth-order valence-electron chi connectivity index (χ4n) is 2.54. The summed E-state index contributed by atoms with van der Waals surface area (Å²) in [7, 11) is 0. The van der Waals surface area contributed by atoms with Crippen LogP contribution in [0.4, 0.5) is 0 Å². The van der Waals surface area contributed by atoms with E-state index in [4.69, 9.17) is 0 Å². The number of nitrogens with zero attached hydrogens (tertiary/aromatic N) is 1. The first-order valence-electron chi connectivity index (χ1n) is 7.08. The maximum Gasteiger partial charge on any atom is 0.254 e. The largest absolute Gasteiger partial charge is 0.334 e. The second-order valence-corrected chi connectivity index (χ2v) is 7.40. The standard InChI is InChI=1S/C17H20BrNOS/c1-11(2)19(12(3)4)17(20)15-8-6-5-7-14(15)16-9-13(18)10-21-16/h5-12H,1-4H3. The van der Waals surface area contributed by atoms with Crippen LogP contribution >= 0.6 is 27.3 Å². The van der Waals surface area contributed by atoms with Crippen molar-refractivity contribution in [3.8, 4) is 10.4 Å². The van der Waals surface area contributed by atoms with Gasteiger partial charge in [-0.1, -0.05) is 18.2 Å². The van der Waals surface area contributed by atoms with Gasteiger partial charge in [-0.25, -0.2) is 0 Å². The molecule has 0 aliphatic heterocycles. The molecule has 0 saturated carbocycles. The third-order valence-electron chi connectivity index (χ3n) is 3.34. The van der Waals surface area contributed by atoms with Gasteiger partial charge in [-0.15, -0.1) is 11.3 Å². The Bertz CT molecular complexity index is 625. The van der Waals surface area contributed by atoms with Crippen molar-refractivity contribution in [3.05, 3.63) is 45.7 Å². The molecular weight excluding hydrogens is 346 g/mol. The predicted octanol–water partition coefficient (Wildman–Crippen LogP) is 5.44. The summed E-state index contributed by atoms with van der Waals surface area (Å²) in [5.41, 5.74) is 1.78. The van der Waals surface area contributed by atoms with Gasteiger partial charge in [0, 0.05) is 37.9 Å². The number of hydrogen-bond acceptors (Lipinski definition) is 2. The molecule has 0 fully saturated rings. The van der Waals surface area contributed by atoms with Gasteiger partial charge in [-0.2, -0.15) is 0 Å². The van der Waals surface area contributed by atoms with Gasteiger partial charge in [0.2, 0.25) is 0 Å². The minimum absolute atomic E-state index is 0.0973. The molecule has 0 atom stereocenters. The molecule has 4 heteroatoms. The molecule has 0 spiro atoms. The summed E-state index contributed by atoms with van der Waals surface area (Å²) >= 11 is 5.13. The van der Waals surface area contributed by atoms with E-state index in [0.29, 0.717) is 0 Å². The maximum absolute atomic E-state index is 12.9. The second-order valence-electron chi connectivity index (χ2n) is 5.57. The topological polar surface area (TPSA) is 20.3 Å². The first-order valence-corrected chi connectivity index (χ1v) is 8.75. The van der Waals surface area contributed by atoms with Crippen molar-refractivity contribution in [2.75, 3.05) is 0 Å². The molecule has 0 bridgehead atoms. The smallest absolute Gasteiger partial charge is 0.254 e. The average Bonchev–Trinajstić information content (AvgIpc) is 2.84. The number of thiophene rings is 1. The van der Waals surface area contributed by atoms with Gasteiger partial charge in [-0.05, 0) is 55.8 Å². The molecule has 0 N–H and O–H groups in total. The van der Waals surface area contributed by atoms with Crippen molar-refractivity contribution in [1.29, 1.82) is 0 Å². The number of amides is 1. The molecule has 0 radical (unpaired) electrons. The summed E-state index contributed by atoms with van der Waals surface area (Å²) < 4.78 is 1.05. The van der Waals surface area contributed by atoms with Gasteiger partial charge in [0.05, 0.1) is 0 Å². The van der Waals surface area contributed by atoms with Gasteiger partial charge in [0.15, 0.2) is 0 Å². The Morgan fingerprint density at radius 3 is 2.29 bits per heavy atom. The molecular formula is C17H20BrNOS. The Morgan fingerprint density at radius 2 is 1.76 bits per heavy atom. The van der Waals surface area contributed by atoms with Crippen molar-refractivity contribution >= 4 is 33.2 Å². The zero-order valence-corrected chi connectivity index (χ0v) is 15.2. The van der Waals surface area contributed by atoms with Gasteiger partial charge >= 0.3 is 0 Å². The predicted molar refractivity (Wildman–Crippen MR) is 93.9 cm³/mol. The van der Waals surface area contributed by atoms with Gasteiger partial charge in [0.1, 0.15) is 0 Å². The number of carbonyl (C=O) groups excluding carboxylic acids is 1. The molecule has 0 unspecified atom stereocenters. The quantitative estimate of drug-likeness (QED) is 0.706. The van der Waals surface area contributed by atoms with Gasteiger partial charge < -0.3 is 4.90 Å². The van der Waals surface area contributed by atoms with E-state index in [1.807, 2.05) is 34.5 Å². The number of hydrogen-bond donors (Lipinski definition) is 0. The number of carbonyl (C=O) groups is 1. The van der Waals surface area contributed by atoms with Crippen LogP contribution in [-0.2, 0) is 0 Å². The van der Waals surface area contributed by atoms with E-state index >= 15 is 0 Å². The average molecular weight is 366 g/mol. The van der Waals surface area contributed by atoms with E-state index in [1.54, 1.807) is 11.3 Å². The Hall–Kier alpha value is -1.13. The van der Waals surface area contributed by atoms with E-state index < -0.39 is 0 Å². The van der Waals surface area contributed by atoms with Crippen LogP contribution < -0.4 is 0 Å². The van der Waals surface area contributed by atoms with Crippen LogP contribution in [0.1, 0.15) is 38.1 Å². The molecule has 1 heterocycles. The molecule has 1 aromatic carbocycles. The van der Waals surface area contributed by atoms with Crippen molar-refractivity contribution in [3.63, 3.8) is 0 Å². The number of benzene rings is 1. The Morgan fingerprint density at radius 1 is 1.14 bits per heavy atom. The van der Waals surface area contributed by atoms with Crippen molar-refractivity contribution in [2.45, 2.75) is 39.8 Å². The van der Waals surface area contributed by atoms with Crippen LogP contribution in [0.25, 0.3) is 10.4 Å². The summed E-state index contributed by atoms with van der Waals surface area (Å²) in [6, 6.07) is 10.3. The highest BCUT2D eigenvalue weighted by Crippen LogP contribution is 2.33. The lowest BCUT2D eigenvalue weighted by atomic mass is 10.0. The fourth-order valence-corrected chi connectivity index (χ4v) is 4.01. The third-order valence-corrected chi connectivity index (χ3v) is 5.06. The van der Waals surface area contributed by atoms with Crippen LogP contribution in [0.3, 0.4) is 0 Å². The number of rotatable bonds is 4. The summed E-state index contributed by atoms with van der Waals surface area (Å²) in [6.45, 7) is 8.23. The molecule has 2 rings (SSSR count). The number of halogens is 1. The molecule has 0 aliphatic carbocycles. The highest BCUT2D eigenvalue weighted by molar-refractivity contribution is 9.10. The first kappa shape index (κ1) is 16.2. The summed E-state index contributed by atoms with van der Waals surface area (Å²) in [5, 5.41) is 2.04. The molecule has 21 heavy (non-hydrogen) atoms. The molecule has 2 nitrogen and oxygen atoms in total. The van der Waals surface area contributed by atoms with E-state index in [9.17, 15) is 4.79 Å². The Labute approximate surface area is 138 Å². The minimum atomic E-state index is 0.0973. The van der Waals surface area contributed by atoms with Crippen LogP contribution in [0, 0.1) is 0 Å². The molecule has 112 valence electrons. The normalized spacial score (nSPS) is 11.2. The summed E-state index contributed by atoms with van der Waals surface area (Å²) in [4.78, 5) is 16.0. The SMILES string of the molecule is CC(C)N(C(=O)c1ccccc1-c1cc(Br)cs1)C(C)C. The van der Waals surface area contributed by atoms with Crippen LogP contribution in [0.2, 0.25) is 0 Å². The molecule has 2 aromatic rings. The molecule has 0 aliphatic rings. The van der Waals surface area contributed by atoms with Gasteiger partial charge in [-0.3, -0.25) is 4.79 Å². The second kappa shape index (κ2) is 6.75. The third kappa shape index (κ3) is 3.55. The van der Waals surface area contributed by atoms with E-state index in [0.717, 1.165) is 20.5 Å². The fraction of sp³-hybridized carbons (Fsp3) is 0.353. The maximum atomic E-state index is 12.9. The summed E-state index contributed by atoms with van der Waals surface area (Å²) in [6.07, 6.45) is 0. The lowest BCUT2D eigenvalue weighted by Crippen LogP contribution is -2.42. The Balaban J connectivity index is 2.47. The van der Waals surface area contributed by atoms with Gasteiger partial charge in [0.25, 0.3) is 5.91 Å². The highest BCUT2D eigenvalue weighted by Gasteiger charge is 2.24. The van der Waals surface area contributed by atoms with Crippen molar-refractivity contribution in [2.24, 2.45) is 0 Å². The lowest BCUT2D eigenvalue weighted by molar-refractivity contribution is 0.0644. The highest BCUT2D eigenvalue weighted by atomic mass is 79.9. The summed E-state index contributed by atoms with van der Waals surface area (Å²) in [5.74, 6) is 0.0973. The molecule has 1 amide bonds. The molecule has 0 saturated heterocycles. The zero-order chi connectivity index (χ0) is 15.6. The van der Waals surface area contributed by atoms with Crippen molar-refractivity contribution < 1.29 is 4.79 Å². The molecule has 1 aromatic heterocycles. The van der Waals surface area contributed by atoms with Crippen molar-refractivity contribution in [1.82, 2.24) is 4.90 Å². The zero-order valence-electron chi connectivity index (χ0n) is 12.8. The van der Waals surface area contributed by atoms with Crippen LogP contribution in [0.5, 0.6) is 0 Å². The monoisotopic (exact) mass is 365 g/mol. The van der Waals surface area contributed by atoms with E-state index in [-0.39, 0.29) is 18.0 Å². The van der Waals surface area contributed by atoms with E-state index in [2.05, 4.69) is 49.7 Å². The minimum Gasteiger partial charge on any atom is -0.334 e. The van der Waals surface area contributed by atoms with Crippen LogP contribution in [0.15, 0.2) is 40.2 Å².